The molecule has 1 saturated carbocycles. The zero-order valence-electron chi connectivity index (χ0n) is 11.9. The quantitative estimate of drug-likeness (QED) is 0.902. The highest BCUT2D eigenvalue weighted by Gasteiger charge is 2.39. The Morgan fingerprint density at radius 1 is 1.55 bits per heavy atom. The second-order valence-corrected chi connectivity index (χ2v) is 6.72. The summed E-state index contributed by atoms with van der Waals surface area (Å²) in [6.07, 6.45) is 1.05. The van der Waals surface area contributed by atoms with Gasteiger partial charge < -0.3 is 10.1 Å². The molecule has 2 fully saturated rings. The molecule has 1 amide bonds. The van der Waals surface area contributed by atoms with Gasteiger partial charge in [0, 0.05) is 30.4 Å². The zero-order valence-corrected chi connectivity index (χ0v) is 12.7. The Kier molecular flexibility index (Phi) is 4.38. The predicted molar refractivity (Wildman–Crippen MR) is 79.7 cm³/mol. The van der Waals surface area contributed by atoms with E-state index in [1.165, 1.54) is 4.88 Å². The maximum Gasteiger partial charge on any atom is 0.223 e. The van der Waals surface area contributed by atoms with Crippen molar-refractivity contribution in [2.45, 2.75) is 19.4 Å². The molecule has 110 valence electrons. The maximum atomic E-state index is 12.0. The van der Waals surface area contributed by atoms with E-state index < -0.39 is 0 Å². The number of thiophene rings is 1. The topological polar surface area (TPSA) is 41.6 Å². The molecule has 0 unspecified atom stereocenters. The highest BCUT2D eigenvalue weighted by Crippen LogP contribution is 2.37. The zero-order chi connectivity index (χ0) is 13.9. The number of nitrogens with zero attached hydrogens (tertiary/aromatic N) is 1. The Hall–Kier alpha value is -0.910. The lowest BCUT2D eigenvalue weighted by Gasteiger charge is -2.34. The molecule has 0 spiro atoms. The molecular formula is C15H22N2O2S. The lowest BCUT2D eigenvalue weighted by molar-refractivity contribution is -0.122. The van der Waals surface area contributed by atoms with E-state index in [0.717, 1.165) is 32.7 Å². The number of hydrogen-bond donors (Lipinski definition) is 1. The van der Waals surface area contributed by atoms with Crippen LogP contribution in [0.4, 0.5) is 0 Å². The number of carbonyl (C=O) groups excluding carboxylic acids is 1. The molecule has 2 heterocycles. The van der Waals surface area contributed by atoms with Crippen LogP contribution < -0.4 is 5.32 Å². The summed E-state index contributed by atoms with van der Waals surface area (Å²) in [6, 6.07) is 4.53. The van der Waals surface area contributed by atoms with Crippen molar-refractivity contribution in [1.82, 2.24) is 10.2 Å². The van der Waals surface area contributed by atoms with Crippen molar-refractivity contribution in [3.05, 3.63) is 22.4 Å². The van der Waals surface area contributed by atoms with E-state index in [9.17, 15) is 4.79 Å². The fourth-order valence-electron chi connectivity index (χ4n) is 2.80. The van der Waals surface area contributed by atoms with Crippen LogP contribution in [0, 0.1) is 11.8 Å². The van der Waals surface area contributed by atoms with Gasteiger partial charge in [0.1, 0.15) is 0 Å². The SMILES string of the molecule is C[C@@H]1C[C@@H]1C(=O)NC[C@H](c1cccs1)N1CCOCC1. The van der Waals surface area contributed by atoms with Crippen LogP contribution in [0.1, 0.15) is 24.3 Å². The summed E-state index contributed by atoms with van der Waals surface area (Å²) < 4.78 is 5.43. The van der Waals surface area contributed by atoms with Gasteiger partial charge in [0.2, 0.25) is 5.91 Å². The van der Waals surface area contributed by atoms with Crippen molar-refractivity contribution >= 4 is 17.2 Å². The van der Waals surface area contributed by atoms with Gasteiger partial charge in [-0.05, 0) is 23.8 Å². The predicted octanol–water partition coefficient (Wildman–Crippen LogP) is 1.89. The lowest BCUT2D eigenvalue weighted by Crippen LogP contribution is -2.43. The van der Waals surface area contributed by atoms with E-state index in [0.29, 0.717) is 12.5 Å². The van der Waals surface area contributed by atoms with Gasteiger partial charge in [-0.1, -0.05) is 13.0 Å². The normalized spacial score (nSPS) is 28.1. The summed E-state index contributed by atoms with van der Waals surface area (Å²) in [7, 11) is 0. The van der Waals surface area contributed by atoms with Crippen molar-refractivity contribution in [3.8, 4) is 0 Å². The molecule has 4 nitrogen and oxygen atoms in total. The summed E-state index contributed by atoms with van der Waals surface area (Å²) in [4.78, 5) is 15.8. The van der Waals surface area contributed by atoms with Crippen LogP contribution in [0.15, 0.2) is 17.5 Å². The molecule has 0 radical (unpaired) electrons. The minimum Gasteiger partial charge on any atom is -0.379 e. The van der Waals surface area contributed by atoms with Gasteiger partial charge >= 0.3 is 0 Å². The molecule has 3 atom stereocenters. The summed E-state index contributed by atoms with van der Waals surface area (Å²) in [5.74, 6) is 1.05. The molecule has 0 aromatic carbocycles. The summed E-state index contributed by atoms with van der Waals surface area (Å²) in [5.41, 5.74) is 0. The standard InChI is InChI=1S/C15H22N2O2S/c1-11-9-12(11)15(18)16-10-13(14-3-2-8-20-14)17-4-6-19-7-5-17/h2-3,8,11-13H,4-7,9-10H2,1H3,(H,16,18)/t11-,12+,13-/m1/s1. The molecule has 1 aromatic heterocycles. The van der Waals surface area contributed by atoms with E-state index in [2.05, 4.69) is 34.7 Å². The molecule has 20 heavy (non-hydrogen) atoms. The number of ether oxygens (including phenoxy) is 1. The van der Waals surface area contributed by atoms with Crippen molar-refractivity contribution in [2.75, 3.05) is 32.8 Å². The van der Waals surface area contributed by atoms with Crippen molar-refractivity contribution in [1.29, 1.82) is 0 Å². The molecule has 1 aromatic rings. The van der Waals surface area contributed by atoms with E-state index in [1.54, 1.807) is 11.3 Å². The van der Waals surface area contributed by atoms with Crippen LogP contribution in [0.2, 0.25) is 0 Å². The molecule has 1 saturated heterocycles. The lowest BCUT2D eigenvalue weighted by atomic mass is 10.2. The average Bonchev–Trinajstić information content (AvgIpc) is 2.98. The third-order valence-electron chi connectivity index (χ3n) is 4.27. The number of amides is 1. The van der Waals surface area contributed by atoms with E-state index >= 15 is 0 Å². The summed E-state index contributed by atoms with van der Waals surface area (Å²) >= 11 is 1.77. The second-order valence-electron chi connectivity index (χ2n) is 5.74. The van der Waals surface area contributed by atoms with Crippen LogP contribution >= 0.6 is 11.3 Å². The van der Waals surface area contributed by atoms with Gasteiger partial charge in [0.25, 0.3) is 0 Å². The van der Waals surface area contributed by atoms with Crippen molar-refractivity contribution < 1.29 is 9.53 Å². The molecule has 1 aliphatic carbocycles. The van der Waals surface area contributed by atoms with E-state index in [1.807, 2.05) is 0 Å². The van der Waals surface area contributed by atoms with Gasteiger partial charge in [-0.3, -0.25) is 9.69 Å². The third kappa shape index (κ3) is 3.22. The molecule has 5 heteroatoms. The summed E-state index contributed by atoms with van der Waals surface area (Å²) in [6.45, 7) is 6.31. The van der Waals surface area contributed by atoms with Crippen LogP contribution in [0.3, 0.4) is 0 Å². The Bertz CT molecular complexity index is 443. The first-order valence-corrected chi connectivity index (χ1v) is 8.26. The monoisotopic (exact) mass is 294 g/mol. The van der Waals surface area contributed by atoms with Crippen LogP contribution in [0.5, 0.6) is 0 Å². The molecular weight excluding hydrogens is 272 g/mol. The Morgan fingerprint density at radius 3 is 2.90 bits per heavy atom. The number of nitrogens with one attached hydrogen (secondary N) is 1. The van der Waals surface area contributed by atoms with E-state index in [4.69, 9.17) is 4.74 Å². The smallest absolute Gasteiger partial charge is 0.223 e. The first-order valence-electron chi connectivity index (χ1n) is 7.38. The average molecular weight is 294 g/mol. The number of hydrogen-bond acceptors (Lipinski definition) is 4. The minimum atomic E-state index is 0.229. The fourth-order valence-corrected chi connectivity index (χ4v) is 3.66. The molecule has 3 rings (SSSR count). The van der Waals surface area contributed by atoms with Gasteiger partial charge in [0.05, 0.1) is 19.3 Å². The Balaban J connectivity index is 1.61. The number of carbonyl (C=O) groups is 1. The number of morpholine rings is 1. The maximum absolute atomic E-state index is 12.0. The van der Waals surface area contributed by atoms with Gasteiger partial charge in [-0.15, -0.1) is 11.3 Å². The van der Waals surface area contributed by atoms with Crippen LogP contribution in [0.25, 0.3) is 0 Å². The van der Waals surface area contributed by atoms with Crippen molar-refractivity contribution in [2.24, 2.45) is 11.8 Å². The van der Waals surface area contributed by atoms with Gasteiger partial charge in [0.15, 0.2) is 0 Å². The molecule has 0 bridgehead atoms. The first kappa shape index (κ1) is 14.0. The molecule has 1 N–H and O–H groups in total. The third-order valence-corrected chi connectivity index (χ3v) is 5.25. The minimum absolute atomic E-state index is 0.229. The highest BCUT2D eigenvalue weighted by molar-refractivity contribution is 7.10. The molecule has 1 aliphatic heterocycles. The number of rotatable bonds is 5. The van der Waals surface area contributed by atoms with Crippen molar-refractivity contribution in [3.63, 3.8) is 0 Å². The first-order chi connectivity index (χ1) is 9.75. The fraction of sp³-hybridized carbons (Fsp3) is 0.667. The van der Waals surface area contributed by atoms with E-state index in [-0.39, 0.29) is 17.9 Å². The van der Waals surface area contributed by atoms with Gasteiger partial charge in [-0.25, -0.2) is 0 Å². The Morgan fingerprint density at radius 2 is 2.30 bits per heavy atom. The largest absolute Gasteiger partial charge is 0.379 e. The van der Waals surface area contributed by atoms with Gasteiger partial charge in [-0.2, -0.15) is 0 Å². The van der Waals surface area contributed by atoms with Crippen LogP contribution in [-0.2, 0) is 9.53 Å². The Labute approximate surface area is 124 Å². The summed E-state index contributed by atoms with van der Waals surface area (Å²) in [5, 5.41) is 5.25. The highest BCUT2D eigenvalue weighted by atomic mass is 32.1. The molecule has 2 aliphatic rings. The second kappa shape index (κ2) is 6.24. The van der Waals surface area contributed by atoms with Crippen LogP contribution in [-0.4, -0.2) is 43.7 Å².